The maximum Gasteiger partial charge on any atom is 0.109 e. The molecule has 0 radical (unpaired) electrons. The van der Waals surface area contributed by atoms with Crippen LogP contribution in [0.2, 0.25) is 0 Å². The first kappa shape index (κ1) is 8.13. The van der Waals surface area contributed by atoms with Gasteiger partial charge in [-0.1, -0.05) is 0 Å². The highest BCUT2D eigenvalue weighted by Crippen LogP contribution is 2.09. The van der Waals surface area contributed by atoms with Crippen molar-refractivity contribution in [2.75, 3.05) is 0 Å². The number of furan rings is 1. The Bertz CT molecular complexity index is 362. The molecule has 0 saturated carbocycles. The van der Waals surface area contributed by atoms with Crippen LogP contribution in [-0.2, 0) is 13.0 Å². The van der Waals surface area contributed by atoms with Crippen molar-refractivity contribution >= 4 is 0 Å². The van der Waals surface area contributed by atoms with Crippen molar-refractivity contribution in [2.24, 2.45) is 5.73 Å². The summed E-state index contributed by atoms with van der Waals surface area (Å²) in [5.41, 5.74) is 7.67. The van der Waals surface area contributed by atoms with Gasteiger partial charge >= 0.3 is 0 Å². The molecule has 0 aliphatic rings. The SMILES string of the molecule is NCc1ccc(Cc2ccco2)[nH]1. The molecule has 2 rings (SSSR count). The number of nitrogens with one attached hydrogen (secondary N) is 1. The van der Waals surface area contributed by atoms with Crippen molar-refractivity contribution in [1.82, 2.24) is 4.98 Å². The molecular weight excluding hydrogens is 164 g/mol. The minimum atomic E-state index is 0.554. The summed E-state index contributed by atoms with van der Waals surface area (Å²) in [6.07, 6.45) is 2.48. The average Bonchev–Trinajstić information content (AvgIpc) is 2.76. The molecule has 3 nitrogen and oxygen atoms in total. The number of hydrogen-bond acceptors (Lipinski definition) is 2. The standard InChI is InChI=1S/C10H12N2O/c11-7-9-4-3-8(12-9)6-10-2-1-5-13-10/h1-5,12H,6-7,11H2. The summed E-state index contributed by atoms with van der Waals surface area (Å²) in [5, 5.41) is 0. The fourth-order valence-corrected chi connectivity index (χ4v) is 1.31. The molecule has 0 atom stereocenters. The van der Waals surface area contributed by atoms with E-state index in [0.29, 0.717) is 6.54 Å². The molecule has 2 aromatic rings. The molecule has 0 aromatic carbocycles. The van der Waals surface area contributed by atoms with Gasteiger partial charge in [-0.05, 0) is 24.3 Å². The van der Waals surface area contributed by atoms with E-state index in [2.05, 4.69) is 4.98 Å². The van der Waals surface area contributed by atoms with Gasteiger partial charge in [0, 0.05) is 24.4 Å². The molecule has 0 aliphatic heterocycles. The summed E-state index contributed by atoms with van der Waals surface area (Å²) in [7, 11) is 0. The molecule has 0 amide bonds. The third-order valence-corrected chi connectivity index (χ3v) is 1.97. The van der Waals surface area contributed by atoms with Crippen LogP contribution in [0.5, 0.6) is 0 Å². The van der Waals surface area contributed by atoms with E-state index in [0.717, 1.165) is 23.6 Å². The number of aromatic amines is 1. The molecule has 0 spiro atoms. The van der Waals surface area contributed by atoms with Gasteiger partial charge in [0.2, 0.25) is 0 Å². The lowest BCUT2D eigenvalue weighted by Gasteiger charge is -1.93. The molecule has 3 N–H and O–H groups in total. The van der Waals surface area contributed by atoms with Gasteiger partial charge in [-0.3, -0.25) is 0 Å². The summed E-state index contributed by atoms with van der Waals surface area (Å²) in [6.45, 7) is 0.554. The third kappa shape index (κ3) is 1.81. The highest BCUT2D eigenvalue weighted by Gasteiger charge is 2.00. The third-order valence-electron chi connectivity index (χ3n) is 1.97. The van der Waals surface area contributed by atoms with Crippen LogP contribution in [0.15, 0.2) is 34.9 Å². The van der Waals surface area contributed by atoms with Gasteiger partial charge in [0.05, 0.1) is 6.26 Å². The van der Waals surface area contributed by atoms with E-state index in [1.54, 1.807) is 6.26 Å². The predicted octanol–water partition coefficient (Wildman–Crippen LogP) is 1.66. The zero-order valence-corrected chi connectivity index (χ0v) is 7.29. The maximum absolute atomic E-state index is 5.48. The largest absolute Gasteiger partial charge is 0.469 e. The van der Waals surface area contributed by atoms with E-state index in [-0.39, 0.29) is 0 Å². The van der Waals surface area contributed by atoms with Crippen molar-refractivity contribution in [3.05, 3.63) is 47.7 Å². The van der Waals surface area contributed by atoms with Crippen molar-refractivity contribution in [2.45, 2.75) is 13.0 Å². The summed E-state index contributed by atoms with van der Waals surface area (Å²) in [5.74, 6) is 0.963. The lowest BCUT2D eigenvalue weighted by atomic mass is 10.2. The average molecular weight is 176 g/mol. The Balaban J connectivity index is 2.10. The Morgan fingerprint density at radius 3 is 2.69 bits per heavy atom. The lowest BCUT2D eigenvalue weighted by molar-refractivity contribution is 0.519. The van der Waals surface area contributed by atoms with E-state index in [1.807, 2.05) is 24.3 Å². The second-order valence-corrected chi connectivity index (χ2v) is 2.97. The first-order valence-corrected chi connectivity index (χ1v) is 4.27. The Labute approximate surface area is 76.6 Å². The molecule has 2 heterocycles. The van der Waals surface area contributed by atoms with Crippen LogP contribution in [0, 0.1) is 0 Å². The van der Waals surface area contributed by atoms with Crippen LogP contribution in [-0.4, -0.2) is 4.98 Å². The van der Waals surface area contributed by atoms with Crippen molar-refractivity contribution in [3.63, 3.8) is 0 Å². The molecular formula is C10H12N2O. The van der Waals surface area contributed by atoms with E-state index in [9.17, 15) is 0 Å². The topological polar surface area (TPSA) is 54.9 Å². The molecule has 0 aliphatic carbocycles. The fraction of sp³-hybridized carbons (Fsp3) is 0.200. The number of H-pyrrole nitrogens is 1. The molecule has 0 saturated heterocycles. The Hall–Kier alpha value is -1.48. The van der Waals surface area contributed by atoms with Crippen LogP contribution in [0.1, 0.15) is 17.1 Å². The van der Waals surface area contributed by atoms with Gasteiger partial charge in [-0.15, -0.1) is 0 Å². The van der Waals surface area contributed by atoms with Crippen LogP contribution >= 0.6 is 0 Å². The lowest BCUT2D eigenvalue weighted by Crippen LogP contribution is -1.96. The van der Waals surface area contributed by atoms with Crippen molar-refractivity contribution in [3.8, 4) is 0 Å². The monoisotopic (exact) mass is 176 g/mol. The molecule has 3 heteroatoms. The molecule has 13 heavy (non-hydrogen) atoms. The first-order valence-electron chi connectivity index (χ1n) is 4.27. The van der Waals surface area contributed by atoms with Gasteiger partial charge in [0.15, 0.2) is 0 Å². The first-order chi connectivity index (χ1) is 6.38. The van der Waals surface area contributed by atoms with Gasteiger partial charge in [0.1, 0.15) is 5.76 Å². The number of nitrogens with two attached hydrogens (primary N) is 1. The smallest absolute Gasteiger partial charge is 0.109 e. The van der Waals surface area contributed by atoms with Gasteiger partial charge in [0.25, 0.3) is 0 Å². The zero-order valence-electron chi connectivity index (χ0n) is 7.29. The van der Waals surface area contributed by atoms with E-state index >= 15 is 0 Å². The number of rotatable bonds is 3. The molecule has 2 aromatic heterocycles. The quantitative estimate of drug-likeness (QED) is 0.747. The summed E-state index contributed by atoms with van der Waals surface area (Å²) in [6, 6.07) is 7.88. The van der Waals surface area contributed by atoms with Gasteiger partial charge in [-0.2, -0.15) is 0 Å². The minimum Gasteiger partial charge on any atom is -0.469 e. The van der Waals surface area contributed by atoms with Crippen molar-refractivity contribution < 1.29 is 4.42 Å². The van der Waals surface area contributed by atoms with Crippen LogP contribution in [0.3, 0.4) is 0 Å². The Morgan fingerprint density at radius 2 is 2.08 bits per heavy atom. The van der Waals surface area contributed by atoms with E-state index in [1.165, 1.54) is 0 Å². The van der Waals surface area contributed by atoms with Crippen LogP contribution in [0.4, 0.5) is 0 Å². The van der Waals surface area contributed by atoms with E-state index in [4.69, 9.17) is 10.2 Å². The zero-order chi connectivity index (χ0) is 9.10. The van der Waals surface area contributed by atoms with E-state index < -0.39 is 0 Å². The number of aromatic nitrogens is 1. The van der Waals surface area contributed by atoms with Gasteiger partial charge < -0.3 is 15.1 Å². The Morgan fingerprint density at radius 1 is 1.23 bits per heavy atom. The molecule has 0 bridgehead atoms. The number of hydrogen-bond donors (Lipinski definition) is 2. The molecule has 68 valence electrons. The molecule has 0 unspecified atom stereocenters. The second kappa shape index (κ2) is 3.49. The second-order valence-electron chi connectivity index (χ2n) is 2.97. The summed E-state index contributed by atoms with van der Waals surface area (Å²) < 4.78 is 5.23. The predicted molar refractivity (Wildman–Crippen MR) is 50.2 cm³/mol. The van der Waals surface area contributed by atoms with Crippen LogP contribution in [0.25, 0.3) is 0 Å². The summed E-state index contributed by atoms with van der Waals surface area (Å²) >= 11 is 0. The van der Waals surface area contributed by atoms with Crippen molar-refractivity contribution in [1.29, 1.82) is 0 Å². The normalized spacial score (nSPS) is 10.5. The maximum atomic E-state index is 5.48. The highest BCUT2D eigenvalue weighted by molar-refractivity contribution is 5.17. The Kier molecular flexibility index (Phi) is 2.19. The molecule has 0 fully saturated rings. The summed E-state index contributed by atoms with van der Waals surface area (Å²) in [4.78, 5) is 3.22. The van der Waals surface area contributed by atoms with Crippen LogP contribution < -0.4 is 5.73 Å². The highest BCUT2D eigenvalue weighted by atomic mass is 16.3. The fourth-order valence-electron chi connectivity index (χ4n) is 1.31. The minimum absolute atomic E-state index is 0.554. The van der Waals surface area contributed by atoms with Gasteiger partial charge in [-0.25, -0.2) is 0 Å².